The van der Waals surface area contributed by atoms with E-state index in [0.717, 1.165) is 41.2 Å². The Morgan fingerprint density at radius 2 is 2.35 bits per heavy atom. The summed E-state index contributed by atoms with van der Waals surface area (Å²) in [5, 5.41) is 10.1. The smallest absolute Gasteiger partial charge is 0.147 e. The third-order valence-corrected chi connectivity index (χ3v) is 5.34. The summed E-state index contributed by atoms with van der Waals surface area (Å²) in [5.74, 6) is 0.900. The molecule has 0 radical (unpaired) electrons. The van der Waals surface area contributed by atoms with Gasteiger partial charge in [-0.15, -0.1) is 11.3 Å². The standard InChI is InChI=1S/C16H19N5OS/c1-3-21-7-11(6-19-21)14-12(4-5-22-14)20-16-15-13(17-9-18-16)10(2)8-23-15/h6-9,12,14H,3-5H2,1-2H3,(H,17,18,20)/t12-,14+/m0/s1. The molecule has 120 valence electrons. The van der Waals surface area contributed by atoms with Gasteiger partial charge in [-0.1, -0.05) is 0 Å². The second kappa shape index (κ2) is 5.90. The van der Waals surface area contributed by atoms with Crippen LogP contribution >= 0.6 is 11.3 Å². The Morgan fingerprint density at radius 1 is 1.43 bits per heavy atom. The van der Waals surface area contributed by atoms with Gasteiger partial charge in [-0.05, 0) is 31.2 Å². The molecule has 7 heteroatoms. The molecular weight excluding hydrogens is 310 g/mol. The molecule has 3 aromatic rings. The van der Waals surface area contributed by atoms with E-state index in [4.69, 9.17) is 4.74 Å². The Kier molecular flexibility index (Phi) is 3.74. The number of aryl methyl sites for hydroxylation is 2. The minimum Gasteiger partial charge on any atom is -0.371 e. The van der Waals surface area contributed by atoms with Crippen LogP contribution in [-0.2, 0) is 11.3 Å². The predicted octanol–water partition coefficient (Wildman–Crippen LogP) is 3.16. The van der Waals surface area contributed by atoms with E-state index in [1.54, 1.807) is 17.7 Å². The monoisotopic (exact) mass is 329 g/mol. The highest BCUT2D eigenvalue weighted by Gasteiger charge is 2.31. The Morgan fingerprint density at radius 3 is 3.17 bits per heavy atom. The Hall–Kier alpha value is -1.99. The van der Waals surface area contributed by atoms with Crippen LogP contribution in [-0.4, -0.2) is 32.4 Å². The van der Waals surface area contributed by atoms with E-state index in [9.17, 15) is 0 Å². The van der Waals surface area contributed by atoms with E-state index in [1.807, 2.05) is 10.9 Å². The molecule has 23 heavy (non-hydrogen) atoms. The highest BCUT2D eigenvalue weighted by atomic mass is 32.1. The lowest BCUT2D eigenvalue weighted by molar-refractivity contribution is 0.107. The number of nitrogens with one attached hydrogen (secondary N) is 1. The summed E-state index contributed by atoms with van der Waals surface area (Å²) in [6.45, 7) is 5.78. The van der Waals surface area contributed by atoms with Gasteiger partial charge in [0.1, 0.15) is 18.2 Å². The highest BCUT2D eigenvalue weighted by molar-refractivity contribution is 7.18. The van der Waals surface area contributed by atoms with Crippen molar-refractivity contribution in [2.45, 2.75) is 39.0 Å². The van der Waals surface area contributed by atoms with Crippen molar-refractivity contribution in [1.29, 1.82) is 0 Å². The second-order valence-corrected chi connectivity index (χ2v) is 6.66. The van der Waals surface area contributed by atoms with Gasteiger partial charge in [0.25, 0.3) is 0 Å². The Balaban J connectivity index is 1.61. The fraction of sp³-hybridized carbons (Fsp3) is 0.438. The van der Waals surface area contributed by atoms with E-state index in [-0.39, 0.29) is 12.1 Å². The number of rotatable bonds is 4. The van der Waals surface area contributed by atoms with Crippen LogP contribution in [0, 0.1) is 6.92 Å². The van der Waals surface area contributed by atoms with Gasteiger partial charge in [0, 0.05) is 24.9 Å². The van der Waals surface area contributed by atoms with Gasteiger partial charge in [-0.2, -0.15) is 5.10 Å². The van der Waals surface area contributed by atoms with Crippen molar-refractivity contribution >= 4 is 27.4 Å². The molecule has 1 fully saturated rings. The van der Waals surface area contributed by atoms with Crippen molar-refractivity contribution in [2.24, 2.45) is 0 Å². The number of thiophene rings is 1. The summed E-state index contributed by atoms with van der Waals surface area (Å²) in [6, 6.07) is 0.199. The number of ether oxygens (including phenoxy) is 1. The molecule has 0 saturated carbocycles. The second-order valence-electron chi connectivity index (χ2n) is 5.78. The van der Waals surface area contributed by atoms with Crippen LogP contribution in [0.3, 0.4) is 0 Å². The maximum absolute atomic E-state index is 5.94. The molecule has 6 nitrogen and oxygen atoms in total. The van der Waals surface area contributed by atoms with Crippen LogP contribution in [0.5, 0.6) is 0 Å². The highest BCUT2D eigenvalue weighted by Crippen LogP contribution is 2.34. The van der Waals surface area contributed by atoms with Crippen LogP contribution in [0.25, 0.3) is 10.2 Å². The lowest BCUT2D eigenvalue weighted by atomic mass is 10.1. The zero-order chi connectivity index (χ0) is 15.8. The lowest BCUT2D eigenvalue weighted by Gasteiger charge is -2.19. The molecule has 1 aliphatic heterocycles. The van der Waals surface area contributed by atoms with E-state index in [0.29, 0.717) is 0 Å². The summed E-state index contributed by atoms with van der Waals surface area (Å²) in [6.07, 6.45) is 6.57. The van der Waals surface area contributed by atoms with E-state index < -0.39 is 0 Å². The number of hydrogen-bond acceptors (Lipinski definition) is 6. The summed E-state index contributed by atoms with van der Waals surface area (Å²) in [4.78, 5) is 8.83. The molecule has 2 atom stereocenters. The molecule has 1 saturated heterocycles. The zero-order valence-corrected chi connectivity index (χ0v) is 14.0. The first-order chi connectivity index (χ1) is 11.3. The van der Waals surface area contributed by atoms with Crippen LogP contribution in [0.4, 0.5) is 5.82 Å². The van der Waals surface area contributed by atoms with Gasteiger partial charge in [0.2, 0.25) is 0 Å². The zero-order valence-electron chi connectivity index (χ0n) is 13.2. The SMILES string of the molecule is CCn1cc([C@H]2OCC[C@@H]2Nc2ncnc3c(C)csc23)cn1. The maximum atomic E-state index is 5.94. The van der Waals surface area contributed by atoms with Crippen molar-refractivity contribution in [3.05, 3.63) is 35.2 Å². The van der Waals surface area contributed by atoms with E-state index in [1.165, 1.54) is 5.56 Å². The quantitative estimate of drug-likeness (QED) is 0.796. The average Bonchev–Trinajstić information content (AvgIpc) is 3.28. The molecule has 1 N–H and O–H groups in total. The van der Waals surface area contributed by atoms with Crippen LogP contribution in [0.1, 0.15) is 30.6 Å². The van der Waals surface area contributed by atoms with Gasteiger partial charge in [0.15, 0.2) is 0 Å². The molecule has 4 heterocycles. The largest absolute Gasteiger partial charge is 0.371 e. The molecule has 0 bridgehead atoms. The van der Waals surface area contributed by atoms with Gasteiger partial charge in [0.05, 0.1) is 22.5 Å². The topological polar surface area (TPSA) is 64.9 Å². The molecule has 0 amide bonds. The van der Waals surface area contributed by atoms with Crippen molar-refractivity contribution in [3.8, 4) is 0 Å². The fourth-order valence-electron chi connectivity index (χ4n) is 3.01. The van der Waals surface area contributed by atoms with E-state index in [2.05, 4.69) is 45.8 Å². The minimum absolute atomic E-state index is 0.0152. The van der Waals surface area contributed by atoms with Gasteiger partial charge in [-0.3, -0.25) is 4.68 Å². The number of hydrogen-bond donors (Lipinski definition) is 1. The third-order valence-electron chi connectivity index (χ3n) is 4.25. The van der Waals surface area contributed by atoms with Gasteiger partial charge >= 0.3 is 0 Å². The lowest BCUT2D eigenvalue weighted by Crippen LogP contribution is -2.23. The van der Waals surface area contributed by atoms with Gasteiger partial charge < -0.3 is 10.1 Å². The summed E-state index contributed by atoms with van der Waals surface area (Å²) in [5.41, 5.74) is 3.34. The van der Waals surface area contributed by atoms with Crippen LogP contribution in [0.2, 0.25) is 0 Å². The maximum Gasteiger partial charge on any atom is 0.147 e. The van der Waals surface area contributed by atoms with Crippen molar-refractivity contribution in [3.63, 3.8) is 0 Å². The average molecular weight is 329 g/mol. The summed E-state index contributed by atoms with van der Waals surface area (Å²) < 4.78 is 8.98. The first kappa shape index (κ1) is 14.6. The number of anilines is 1. The number of fused-ring (bicyclic) bond motifs is 1. The molecule has 3 aromatic heterocycles. The normalized spacial score (nSPS) is 21.1. The Labute approximate surface area is 138 Å². The fourth-order valence-corrected chi connectivity index (χ4v) is 3.97. The third kappa shape index (κ3) is 2.60. The molecule has 0 aliphatic carbocycles. The first-order valence-corrected chi connectivity index (χ1v) is 8.73. The molecule has 1 aliphatic rings. The Bertz CT molecular complexity index is 827. The number of aromatic nitrogens is 4. The summed E-state index contributed by atoms with van der Waals surface area (Å²) >= 11 is 1.68. The molecule has 0 aromatic carbocycles. The molecule has 4 rings (SSSR count). The van der Waals surface area contributed by atoms with Gasteiger partial charge in [-0.25, -0.2) is 9.97 Å². The molecule has 0 spiro atoms. The molecule has 0 unspecified atom stereocenters. The minimum atomic E-state index is 0.0152. The predicted molar refractivity (Wildman–Crippen MR) is 90.8 cm³/mol. The van der Waals surface area contributed by atoms with Crippen molar-refractivity contribution < 1.29 is 4.74 Å². The summed E-state index contributed by atoms with van der Waals surface area (Å²) in [7, 11) is 0. The van der Waals surface area contributed by atoms with Crippen LogP contribution in [0.15, 0.2) is 24.1 Å². The van der Waals surface area contributed by atoms with Crippen molar-refractivity contribution in [1.82, 2.24) is 19.7 Å². The molecular formula is C16H19N5OS. The van der Waals surface area contributed by atoms with Crippen LogP contribution < -0.4 is 5.32 Å². The van der Waals surface area contributed by atoms with Crippen molar-refractivity contribution in [2.75, 3.05) is 11.9 Å². The number of nitrogens with zero attached hydrogens (tertiary/aromatic N) is 4. The first-order valence-electron chi connectivity index (χ1n) is 7.85. The van der Waals surface area contributed by atoms with E-state index >= 15 is 0 Å².